The Morgan fingerprint density at radius 2 is 2.44 bits per heavy atom. The number of nitrogens with zero attached hydrogens (tertiary/aromatic N) is 2. The molecule has 1 amide bonds. The van der Waals surface area contributed by atoms with Crippen LogP contribution in [0, 0.1) is 0 Å². The molecule has 6 heteroatoms. The number of amides is 1. The summed E-state index contributed by atoms with van der Waals surface area (Å²) in [4.78, 5) is 28.7. The highest BCUT2D eigenvalue weighted by Gasteiger charge is 2.30. The van der Waals surface area contributed by atoms with Crippen LogP contribution in [0.5, 0.6) is 0 Å². The normalized spacial score (nSPS) is 19.5. The van der Waals surface area contributed by atoms with Gasteiger partial charge in [-0.25, -0.2) is 4.79 Å². The number of carboxylic acid groups (broad SMARTS) is 1. The Balaban J connectivity index is 2.40. The van der Waals surface area contributed by atoms with Crippen molar-refractivity contribution in [1.29, 1.82) is 0 Å². The topological polar surface area (TPSA) is 82.5 Å². The van der Waals surface area contributed by atoms with E-state index in [0.717, 1.165) is 0 Å². The molecule has 1 aromatic rings. The Bertz CT molecular complexity index is 475. The van der Waals surface area contributed by atoms with E-state index in [1.54, 1.807) is 0 Å². The van der Waals surface area contributed by atoms with E-state index in [0.29, 0.717) is 25.2 Å². The first-order valence-electron chi connectivity index (χ1n) is 5.86. The summed E-state index contributed by atoms with van der Waals surface area (Å²) in [5, 5.41) is 11.9. The Hall–Kier alpha value is -2.11. The minimum absolute atomic E-state index is 0.0658. The smallest absolute Gasteiger partial charge is 0.337 e. The van der Waals surface area contributed by atoms with Gasteiger partial charge < -0.3 is 15.3 Å². The first-order chi connectivity index (χ1) is 8.65. The third-order valence-corrected chi connectivity index (χ3v) is 3.06. The SMILES string of the molecule is CCC1C(=O)NCCN1c1cnccc1C(=O)O. The number of anilines is 1. The van der Waals surface area contributed by atoms with Gasteiger partial charge in [-0.2, -0.15) is 0 Å². The van der Waals surface area contributed by atoms with Crippen molar-refractivity contribution in [3.63, 3.8) is 0 Å². The minimum atomic E-state index is -1.01. The van der Waals surface area contributed by atoms with Crippen LogP contribution in [0.3, 0.4) is 0 Å². The maximum absolute atomic E-state index is 11.8. The van der Waals surface area contributed by atoms with E-state index in [-0.39, 0.29) is 17.5 Å². The van der Waals surface area contributed by atoms with Crippen molar-refractivity contribution >= 4 is 17.6 Å². The Morgan fingerprint density at radius 1 is 1.67 bits per heavy atom. The van der Waals surface area contributed by atoms with Gasteiger partial charge in [0.1, 0.15) is 6.04 Å². The van der Waals surface area contributed by atoms with Crippen molar-refractivity contribution in [2.45, 2.75) is 19.4 Å². The zero-order valence-electron chi connectivity index (χ0n) is 10.1. The number of pyridine rings is 1. The van der Waals surface area contributed by atoms with E-state index in [2.05, 4.69) is 10.3 Å². The predicted octanol–water partition coefficient (Wildman–Crippen LogP) is 0.495. The van der Waals surface area contributed by atoms with Gasteiger partial charge in [0.15, 0.2) is 0 Å². The van der Waals surface area contributed by atoms with Crippen LogP contribution in [-0.4, -0.2) is 41.1 Å². The number of carboxylic acids is 1. The zero-order valence-corrected chi connectivity index (χ0v) is 10.1. The maximum Gasteiger partial charge on any atom is 0.337 e. The lowest BCUT2D eigenvalue weighted by Crippen LogP contribution is -2.55. The van der Waals surface area contributed by atoms with Crippen LogP contribution in [0.1, 0.15) is 23.7 Å². The van der Waals surface area contributed by atoms with Crippen molar-refractivity contribution in [3.05, 3.63) is 24.0 Å². The lowest BCUT2D eigenvalue weighted by molar-refractivity contribution is -0.123. The number of nitrogens with one attached hydrogen (secondary N) is 1. The minimum Gasteiger partial charge on any atom is -0.478 e. The van der Waals surface area contributed by atoms with Crippen LogP contribution in [0.15, 0.2) is 18.5 Å². The number of rotatable bonds is 3. The van der Waals surface area contributed by atoms with Crippen LogP contribution in [0.25, 0.3) is 0 Å². The van der Waals surface area contributed by atoms with Gasteiger partial charge in [0, 0.05) is 19.3 Å². The van der Waals surface area contributed by atoms with Crippen LogP contribution < -0.4 is 10.2 Å². The van der Waals surface area contributed by atoms with Gasteiger partial charge in [0.25, 0.3) is 0 Å². The second kappa shape index (κ2) is 5.03. The second-order valence-corrected chi connectivity index (χ2v) is 4.11. The van der Waals surface area contributed by atoms with Crippen molar-refractivity contribution in [1.82, 2.24) is 10.3 Å². The molecule has 96 valence electrons. The van der Waals surface area contributed by atoms with Gasteiger partial charge in [-0.05, 0) is 12.5 Å². The third kappa shape index (κ3) is 2.13. The standard InChI is InChI=1S/C12H15N3O3/c1-2-9-11(16)14-5-6-15(9)10-7-13-4-3-8(10)12(17)18/h3-4,7,9H,2,5-6H2,1H3,(H,14,16)(H,17,18). The molecule has 0 aliphatic carbocycles. The molecule has 1 atom stereocenters. The Kier molecular flexibility index (Phi) is 3.45. The van der Waals surface area contributed by atoms with Crippen LogP contribution in [0.2, 0.25) is 0 Å². The van der Waals surface area contributed by atoms with Crippen LogP contribution >= 0.6 is 0 Å². The largest absolute Gasteiger partial charge is 0.478 e. The zero-order chi connectivity index (χ0) is 13.1. The molecule has 2 N–H and O–H groups in total. The Morgan fingerprint density at radius 3 is 3.11 bits per heavy atom. The van der Waals surface area contributed by atoms with Gasteiger partial charge in [-0.1, -0.05) is 6.92 Å². The molecule has 18 heavy (non-hydrogen) atoms. The summed E-state index contributed by atoms with van der Waals surface area (Å²) in [6, 6.07) is 1.12. The van der Waals surface area contributed by atoms with E-state index < -0.39 is 5.97 Å². The fourth-order valence-electron chi connectivity index (χ4n) is 2.20. The van der Waals surface area contributed by atoms with Crippen LogP contribution in [0.4, 0.5) is 5.69 Å². The molecule has 1 unspecified atom stereocenters. The van der Waals surface area contributed by atoms with Gasteiger partial charge in [-0.3, -0.25) is 9.78 Å². The van der Waals surface area contributed by atoms with Gasteiger partial charge in [0.2, 0.25) is 5.91 Å². The summed E-state index contributed by atoms with van der Waals surface area (Å²) >= 11 is 0. The predicted molar refractivity (Wildman–Crippen MR) is 65.6 cm³/mol. The van der Waals surface area contributed by atoms with E-state index in [1.165, 1.54) is 18.5 Å². The molecule has 1 aliphatic rings. The fourth-order valence-corrected chi connectivity index (χ4v) is 2.20. The molecule has 0 spiro atoms. The van der Waals surface area contributed by atoms with E-state index in [1.807, 2.05) is 11.8 Å². The number of hydrogen-bond acceptors (Lipinski definition) is 4. The molecular formula is C12H15N3O3. The summed E-state index contributed by atoms with van der Waals surface area (Å²) in [5.74, 6) is -1.07. The van der Waals surface area contributed by atoms with Crippen molar-refractivity contribution in [2.75, 3.05) is 18.0 Å². The monoisotopic (exact) mass is 249 g/mol. The van der Waals surface area contributed by atoms with Gasteiger partial charge in [0.05, 0.1) is 17.4 Å². The highest BCUT2D eigenvalue weighted by Crippen LogP contribution is 2.23. The first kappa shape index (κ1) is 12.3. The molecule has 1 fully saturated rings. The van der Waals surface area contributed by atoms with Gasteiger partial charge >= 0.3 is 5.97 Å². The highest BCUT2D eigenvalue weighted by atomic mass is 16.4. The average Bonchev–Trinajstić information content (AvgIpc) is 2.38. The van der Waals surface area contributed by atoms with Crippen molar-refractivity contribution in [3.8, 4) is 0 Å². The second-order valence-electron chi connectivity index (χ2n) is 4.11. The third-order valence-electron chi connectivity index (χ3n) is 3.06. The van der Waals surface area contributed by atoms with Crippen molar-refractivity contribution < 1.29 is 14.7 Å². The van der Waals surface area contributed by atoms with E-state index in [4.69, 9.17) is 5.11 Å². The lowest BCUT2D eigenvalue weighted by atomic mass is 10.1. The number of carbonyl (C=O) groups is 2. The molecule has 0 bridgehead atoms. The number of piperazine rings is 1. The quantitative estimate of drug-likeness (QED) is 0.815. The maximum atomic E-state index is 11.8. The summed E-state index contributed by atoms with van der Waals surface area (Å²) in [6.45, 7) is 3.01. The molecule has 1 aliphatic heterocycles. The molecule has 1 aromatic heterocycles. The molecular weight excluding hydrogens is 234 g/mol. The molecule has 0 radical (unpaired) electrons. The van der Waals surface area contributed by atoms with Crippen molar-refractivity contribution in [2.24, 2.45) is 0 Å². The molecule has 0 saturated carbocycles. The molecule has 2 rings (SSSR count). The molecule has 6 nitrogen and oxygen atoms in total. The number of carbonyl (C=O) groups excluding carboxylic acids is 1. The molecule has 2 heterocycles. The fraction of sp³-hybridized carbons (Fsp3) is 0.417. The van der Waals surface area contributed by atoms with Gasteiger partial charge in [-0.15, -0.1) is 0 Å². The summed E-state index contributed by atoms with van der Waals surface area (Å²) in [7, 11) is 0. The molecule has 0 aromatic carbocycles. The lowest BCUT2D eigenvalue weighted by Gasteiger charge is -2.36. The van der Waals surface area contributed by atoms with E-state index in [9.17, 15) is 9.59 Å². The Labute approximate surface area is 105 Å². The molecule has 1 saturated heterocycles. The summed E-state index contributed by atoms with van der Waals surface area (Å²) < 4.78 is 0. The number of aromatic nitrogens is 1. The average molecular weight is 249 g/mol. The summed E-state index contributed by atoms with van der Waals surface area (Å²) in [6.07, 6.45) is 3.57. The number of aromatic carboxylic acids is 1. The number of hydrogen-bond donors (Lipinski definition) is 2. The van der Waals surface area contributed by atoms with Crippen LogP contribution in [-0.2, 0) is 4.79 Å². The first-order valence-corrected chi connectivity index (χ1v) is 5.86. The highest BCUT2D eigenvalue weighted by molar-refractivity contribution is 5.96. The van der Waals surface area contributed by atoms with E-state index >= 15 is 0 Å². The summed E-state index contributed by atoms with van der Waals surface area (Å²) in [5.41, 5.74) is 0.685.